The molecule has 5 rings (SSSR count). The number of hydrogen-bond donors (Lipinski definition) is 1. The summed E-state index contributed by atoms with van der Waals surface area (Å²) in [5.74, 6) is 5.06. The van der Waals surface area contributed by atoms with Crippen LogP contribution in [0.1, 0.15) is 47.7 Å². The summed E-state index contributed by atoms with van der Waals surface area (Å²) in [4.78, 5) is 6.18. The van der Waals surface area contributed by atoms with Crippen molar-refractivity contribution in [3.63, 3.8) is 0 Å². The van der Waals surface area contributed by atoms with E-state index >= 15 is 0 Å². The summed E-state index contributed by atoms with van der Waals surface area (Å²) in [5.41, 5.74) is 1.23. The second-order valence-corrected chi connectivity index (χ2v) is 9.14. The molecular weight excluding hydrogens is 276 g/mol. The number of thiazole rings is 1. The SMILES string of the molecule is CNC(Cc1nc(C)c(C)s1)C1C2CC3CC(C2)CC1C3. The first-order valence-electron chi connectivity index (χ1n) is 8.74. The Labute approximate surface area is 132 Å². The third-order valence-electron chi connectivity index (χ3n) is 6.60. The molecule has 2 nitrogen and oxygen atoms in total. The van der Waals surface area contributed by atoms with Crippen LogP contribution in [0.4, 0.5) is 0 Å². The van der Waals surface area contributed by atoms with E-state index < -0.39 is 0 Å². The maximum absolute atomic E-state index is 4.79. The van der Waals surface area contributed by atoms with Gasteiger partial charge in [0.1, 0.15) is 0 Å². The summed E-state index contributed by atoms with van der Waals surface area (Å²) < 4.78 is 0. The van der Waals surface area contributed by atoms with Crippen LogP contribution in [0, 0.1) is 43.4 Å². The summed E-state index contributed by atoms with van der Waals surface area (Å²) >= 11 is 1.91. The molecule has 1 heterocycles. The van der Waals surface area contributed by atoms with Crippen molar-refractivity contribution in [2.75, 3.05) is 7.05 Å². The van der Waals surface area contributed by atoms with E-state index in [1.54, 1.807) is 6.42 Å². The molecule has 0 aromatic carbocycles. The molecule has 0 aliphatic heterocycles. The lowest BCUT2D eigenvalue weighted by Gasteiger charge is -2.56. The topological polar surface area (TPSA) is 24.9 Å². The van der Waals surface area contributed by atoms with E-state index in [1.807, 2.05) is 11.3 Å². The molecule has 4 aliphatic carbocycles. The van der Waals surface area contributed by atoms with Crippen molar-refractivity contribution in [3.05, 3.63) is 15.6 Å². The average Bonchev–Trinajstić information content (AvgIpc) is 2.75. The Bertz CT molecular complexity index is 474. The van der Waals surface area contributed by atoms with Crippen LogP contribution >= 0.6 is 11.3 Å². The first-order valence-corrected chi connectivity index (χ1v) is 9.55. The van der Waals surface area contributed by atoms with E-state index in [4.69, 9.17) is 4.98 Å². The summed E-state index contributed by atoms with van der Waals surface area (Å²) in [6.45, 7) is 4.35. The lowest BCUT2D eigenvalue weighted by atomic mass is 9.50. The van der Waals surface area contributed by atoms with Gasteiger partial charge in [-0.3, -0.25) is 0 Å². The first kappa shape index (κ1) is 14.2. The molecule has 0 amide bonds. The number of hydrogen-bond acceptors (Lipinski definition) is 3. The summed E-state index contributed by atoms with van der Waals surface area (Å²) in [7, 11) is 2.17. The zero-order valence-electron chi connectivity index (χ0n) is 13.6. The van der Waals surface area contributed by atoms with Crippen LogP contribution in [0.15, 0.2) is 0 Å². The standard InChI is InChI=1S/C18H28N2S/c1-10-11(2)21-17(20-10)9-16(19-3)18-14-5-12-4-13(7-14)8-15(18)6-12/h12-16,18-19H,4-9H2,1-3H3. The van der Waals surface area contributed by atoms with Gasteiger partial charge in [-0.05, 0) is 82.6 Å². The largest absolute Gasteiger partial charge is 0.316 e. The fourth-order valence-corrected chi connectivity index (χ4v) is 6.86. The van der Waals surface area contributed by atoms with E-state index in [1.165, 1.54) is 41.3 Å². The second kappa shape index (κ2) is 5.34. The lowest BCUT2D eigenvalue weighted by molar-refractivity contribution is -0.0507. The van der Waals surface area contributed by atoms with Crippen LogP contribution in [0.5, 0.6) is 0 Å². The number of nitrogens with one attached hydrogen (secondary N) is 1. The van der Waals surface area contributed by atoms with E-state index in [0.717, 1.165) is 36.0 Å². The monoisotopic (exact) mass is 304 g/mol. The predicted octanol–water partition coefficient (Wildman–Crippen LogP) is 3.96. The zero-order chi connectivity index (χ0) is 14.6. The van der Waals surface area contributed by atoms with E-state index in [-0.39, 0.29) is 0 Å². The van der Waals surface area contributed by atoms with Gasteiger partial charge in [0.25, 0.3) is 0 Å². The van der Waals surface area contributed by atoms with Crippen LogP contribution in [-0.4, -0.2) is 18.1 Å². The summed E-state index contributed by atoms with van der Waals surface area (Å²) in [6.07, 6.45) is 8.77. The highest BCUT2D eigenvalue weighted by Crippen LogP contribution is 2.57. The third kappa shape index (κ3) is 2.46. The molecule has 0 saturated heterocycles. The molecule has 3 heteroatoms. The Balaban J connectivity index is 1.53. The molecule has 21 heavy (non-hydrogen) atoms. The Hall–Kier alpha value is -0.410. The summed E-state index contributed by atoms with van der Waals surface area (Å²) in [5, 5.41) is 5.02. The molecule has 1 N–H and O–H groups in total. The van der Waals surface area contributed by atoms with Gasteiger partial charge in [0, 0.05) is 17.3 Å². The van der Waals surface area contributed by atoms with Crippen molar-refractivity contribution in [1.82, 2.24) is 10.3 Å². The van der Waals surface area contributed by atoms with Crippen LogP contribution in [0.25, 0.3) is 0 Å². The van der Waals surface area contributed by atoms with Crippen molar-refractivity contribution >= 4 is 11.3 Å². The smallest absolute Gasteiger partial charge is 0.0946 e. The number of rotatable bonds is 4. The number of nitrogens with zero attached hydrogens (tertiary/aromatic N) is 1. The quantitative estimate of drug-likeness (QED) is 0.910. The highest BCUT2D eigenvalue weighted by molar-refractivity contribution is 7.11. The van der Waals surface area contributed by atoms with Gasteiger partial charge in [-0.25, -0.2) is 4.98 Å². The van der Waals surface area contributed by atoms with Crippen LogP contribution in [0.2, 0.25) is 0 Å². The summed E-state index contributed by atoms with van der Waals surface area (Å²) in [6, 6.07) is 0.643. The predicted molar refractivity (Wildman–Crippen MR) is 88.7 cm³/mol. The maximum Gasteiger partial charge on any atom is 0.0946 e. The van der Waals surface area contributed by atoms with Crippen molar-refractivity contribution < 1.29 is 0 Å². The molecule has 116 valence electrons. The van der Waals surface area contributed by atoms with Crippen molar-refractivity contribution in [2.45, 2.75) is 58.4 Å². The minimum atomic E-state index is 0.643. The van der Waals surface area contributed by atoms with Crippen molar-refractivity contribution in [2.24, 2.45) is 29.6 Å². The van der Waals surface area contributed by atoms with Crippen LogP contribution in [0.3, 0.4) is 0 Å². The molecule has 0 spiro atoms. The highest BCUT2D eigenvalue weighted by atomic mass is 32.1. The molecule has 1 aromatic heterocycles. The van der Waals surface area contributed by atoms with E-state index in [0.29, 0.717) is 6.04 Å². The molecule has 4 saturated carbocycles. The van der Waals surface area contributed by atoms with Gasteiger partial charge >= 0.3 is 0 Å². The Kier molecular flexibility index (Phi) is 3.61. The van der Waals surface area contributed by atoms with Crippen molar-refractivity contribution in [3.8, 4) is 0 Å². The molecule has 4 bridgehead atoms. The van der Waals surface area contributed by atoms with E-state index in [9.17, 15) is 0 Å². The molecule has 4 aliphatic rings. The fourth-order valence-electron chi connectivity index (χ4n) is 5.87. The van der Waals surface area contributed by atoms with Gasteiger partial charge in [0.15, 0.2) is 0 Å². The normalized spacial score (nSPS) is 38.9. The highest BCUT2D eigenvalue weighted by Gasteiger charge is 2.50. The minimum Gasteiger partial charge on any atom is -0.316 e. The molecule has 1 unspecified atom stereocenters. The average molecular weight is 305 g/mol. The molecule has 1 aromatic rings. The lowest BCUT2D eigenvalue weighted by Crippen LogP contribution is -2.53. The molecule has 4 fully saturated rings. The molecule has 0 radical (unpaired) electrons. The van der Waals surface area contributed by atoms with Gasteiger partial charge in [-0.1, -0.05) is 0 Å². The number of likely N-dealkylation sites (N-methyl/N-ethyl adjacent to an activating group) is 1. The van der Waals surface area contributed by atoms with Crippen molar-refractivity contribution in [1.29, 1.82) is 0 Å². The zero-order valence-corrected chi connectivity index (χ0v) is 14.4. The molecular formula is C18H28N2S. The Morgan fingerprint density at radius 3 is 2.19 bits per heavy atom. The second-order valence-electron chi connectivity index (χ2n) is 7.86. The Morgan fingerprint density at radius 2 is 1.71 bits per heavy atom. The number of aryl methyl sites for hydroxylation is 2. The van der Waals surface area contributed by atoms with Crippen LogP contribution < -0.4 is 5.32 Å². The Morgan fingerprint density at radius 1 is 1.10 bits per heavy atom. The maximum atomic E-state index is 4.79. The van der Waals surface area contributed by atoms with Crippen LogP contribution in [-0.2, 0) is 6.42 Å². The first-order chi connectivity index (χ1) is 10.1. The van der Waals surface area contributed by atoms with Gasteiger partial charge in [-0.2, -0.15) is 0 Å². The minimum absolute atomic E-state index is 0.643. The third-order valence-corrected chi connectivity index (χ3v) is 7.70. The van der Waals surface area contributed by atoms with E-state index in [2.05, 4.69) is 26.2 Å². The van der Waals surface area contributed by atoms with Gasteiger partial charge in [0.05, 0.1) is 10.7 Å². The molecule has 1 atom stereocenters. The number of aromatic nitrogens is 1. The fraction of sp³-hybridized carbons (Fsp3) is 0.833. The van der Waals surface area contributed by atoms with Gasteiger partial charge in [0.2, 0.25) is 0 Å². The van der Waals surface area contributed by atoms with Gasteiger partial charge < -0.3 is 5.32 Å². The van der Waals surface area contributed by atoms with Gasteiger partial charge in [-0.15, -0.1) is 11.3 Å².